The number of aliphatic hydroxyl groups is 1. The molecular weight excluding hydrogens is 336 g/mol. The summed E-state index contributed by atoms with van der Waals surface area (Å²) in [5.41, 5.74) is -3.16. The van der Waals surface area contributed by atoms with E-state index >= 15 is 0 Å². The minimum atomic E-state index is -1.97. The lowest BCUT2D eigenvalue weighted by atomic mass is 9.35. The van der Waals surface area contributed by atoms with Gasteiger partial charge in [-0.2, -0.15) is 0 Å². The largest absolute Gasteiger partial charge is 0.408 e. The minimum Gasteiger partial charge on any atom is -0.408 e. The van der Waals surface area contributed by atoms with Gasteiger partial charge in [0.1, 0.15) is 11.9 Å². The molecule has 0 aromatic rings. The fourth-order valence-corrected chi connectivity index (χ4v) is 8.06. The van der Waals surface area contributed by atoms with Crippen molar-refractivity contribution >= 4 is 14.1 Å². The van der Waals surface area contributed by atoms with Crippen molar-refractivity contribution < 1.29 is 23.8 Å². The predicted molar refractivity (Wildman–Crippen MR) is 95.5 cm³/mol. The fraction of sp³-hybridized carbons (Fsp3) is 0.947. The number of methoxy groups -OCH3 is 1. The Balaban J connectivity index is 2.05. The highest BCUT2D eigenvalue weighted by atomic mass is 28.4. The van der Waals surface area contributed by atoms with Gasteiger partial charge in [-0.05, 0) is 45.3 Å². The number of Topliss-reactive ketones (excluding diaryl/α,β-unsaturated/α-hetero) is 1. The van der Waals surface area contributed by atoms with E-state index in [0.717, 1.165) is 6.42 Å². The van der Waals surface area contributed by atoms with Gasteiger partial charge in [-0.1, -0.05) is 13.8 Å². The van der Waals surface area contributed by atoms with Crippen molar-refractivity contribution in [3.63, 3.8) is 0 Å². The first-order chi connectivity index (χ1) is 11.4. The highest BCUT2D eigenvalue weighted by Gasteiger charge is 2.92. The molecule has 0 radical (unpaired) electrons. The second-order valence-corrected chi connectivity index (χ2v) is 14.6. The molecule has 5 fully saturated rings. The predicted octanol–water partition coefficient (Wildman–Crippen LogP) is 2.73. The smallest absolute Gasteiger partial charge is 0.207 e. The maximum absolute atomic E-state index is 13.4. The van der Waals surface area contributed by atoms with Crippen molar-refractivity contribution in [3.05, 3.63) is 0 Å². The summed E-state index contributed by atoms with van der Waals surface area (Å²) in [4.78, 5) is 13.4. The van der Waals surface area contributed by atoms with Gasteiger partial charge < -0.3 is 19.0 Å². The molecule has 25 heavy (non-hydrogen) atoms. The Hall–Kier alpha value is -0.273. The molecule has 6 unspecified atom stereocenters. The summed E-state index contributed by atoms with van der Waals surface area (Å²) in [6, 6.07) is 0. The van der Waals surface area contributed by atoms with Crippen LogP contribution in [0.5, 0.6) is 0 Å². The number of ether oxygens (including phenoxy) is 2. The number of rotatable bonds is 3. The van der Waals surface area contributed by atoms with Gasteiger partial charge >= 0.3 is 0 Å². The number of ketones is 1. The van der Waals surface area contributed by atoms with Crippen LogP contribution in [0.2, 0.25) is 19.6 Å². The highest BCUT2D eigenvalue weighted by Crippen LogP contribution is 2.81. The first kappa shape index (κ1) is 18.1. The van der Waals surface area contributed by atoms with Crippen LogP contribution in [0.15, 0.2) is 0 Å². The SMILES string of the molecule is COC12OCC3(C)C4(O)CC[C@H](C)C4(CC(=O)C13C)C2O[Si](C)(C)C. The molecular formula is C19H32O5Si. The first-order valence-corrected chi connectivity index (χ1v) is 12.9. The summed E-state index contributed by atoms with van der Waals surface area (Å²) in [6.45, 7) is 12.9. The Morgan fingerprint density at radius 3 is 2.48 bits per heavy atom. The van der Waals surface area contributed by atoms with Crippen molar-refractivity contribution in [3.8, 4) is 0 Å². The van der Waals surface area contributed by atoms with Crippen LogP contribution in [-0.4, -0.2) is 50.4 Å². The lowest BCUT2D eigenvalue weighted by molar-refractivity contribution is -0.371. The molecule has 4 saturated carbocycles. The van der Waals surface area contributed by atoms with Crippen LogP contribution in [0.1, 0.15) is 40.0 Å². The molecule has 1 spiro atoms. The van der Waals surface area contributed by atoms with E-state index in [9.17, 15) is 9.90 Å². The molecule has 6 heteroatoms. The average Bonchev–Trinajstić information content (AvgIpc) is 2.90. The lowest BCUT2D eigenvalue weighted by Crippen LogP contribution is -2.85. The van der Waals surface area contributed by atoms with Gasteiger partial charge in [-0.3, -0.25) is 4.79 Å². The van der Waals surface area contributed by atoms with E-state index in [1.54, 1.807) is 7.11 Å². The van der Waals surface area contributed by atoms with Crippen LogP contribution in [0.3, 0.4) is 0 Å². The van der Waals surface area contributed by atoms with E-state index in [4.69, 9.17) is 13.9 Å². The van der Waals surface area contributed by atoms with Crippen LogP contribution in [0.4, 0.5) is 0 Å². The molecule has 1 heterocycles. The van der Waals surface area contributed by atoms with E-state index in [1.807, 2.05) is 13.8 Å². The van der Waals surface area contributed by atoms with Crippen molar-refractivity contribution in [1.82, 2.24) is 0 Å². The third-order valence-electron chi connectivity index (χ3n) is 8.48. The summed E-state index contributed by atoms with van der Waals surface area (Å²) < 4.78 is 19.1. The monoisotopic (exact) mass is 368 g/mol. The summed E-state index contributed by atoms with van der Waals surface area (Å²) in [5.74, 6) is -0.770. The third-order valence-corrected chi connectivity index (χ3v) is 9.42. The number of carbonyl (C=O) groups excluding carboxylic acids is 1. The van der Waals surface area contributed by atoms with Crippen LogP contribution < -0.4 is 0 Å². The van der Waals surface area contributed by atoms with E-state index in [-0.39, 0.29) is 11.7 Å². The summed E-state index contributed by atoms with van der Waals surface area (Å²) in [6.07, 6.45) is 1.54. The number of hydrogen-bond acceptors (Lipinski definition) is 5. The van der Waals surface area contributed by atoms with Crippen LogP contribution in [0, 0.1) is 22.2 Å². The Morgan fingerprint density at radius 2 is 1.92 bits per heavy atom. The third kappa shape index (κ3) is 1.52. The quantitative estimate of drug-likeness (QED) is 0.776. The Bertz CT molecular complexity index is 646. The topological polar surface area (TPSA) is 65.0 Å². The Kier molecular flexibility index (Phi) is 3.32. The summed E-state index contributed by atoms with van der Waals surface area (Å²) in [5, 5.41) is 12.1. The van der Waals surface area contributed by atoms with E-state index in [0.29, 0.717) is 19.4 Å². The van der Waals surface area contributed by atoms with Gasteiger partial charge in [0.15, 0.2) is 8.32 Å². The standard InChI is InChI=1S/C19H32O5Si/c1-12-8-9-18(21)15(2)11-23-19(22-4)14(24-25(5,6)7)17(12,18)10-13(20)16(15,19)3/h12,14,21H,8-11H2,1-7H3/t12-,14?,15?,16?,17?,18?,19?/m0/s1. The first-order valence-electron chi connectivity index (χ1n) is 9.49. The number of hydrogen-bond donors (Lipinski definition) is 1. The molecule has 5 rings (SSSR count). The lowest BCUT2D eigenvalue weighted by Gasteiger charge is -2.72. The van der Waals surface area contributed by atoms with Gasteiger partial charge in [0, 0.05) is 24.4 Å². The number of carbonyl (C=O) groups is 1. The van der Waals surface area contributed by atoms with Gasteiger partial charge in [0.2, 0.25) is 5.79 Å². The van der Waals surface area contributed by atoms with Crippen molar-refractivity contribution in [2.24, 2.45) is 22.2 Å². The molecule has 142 valence electrons. The zero-order chi connectivity index (χ0) is 18.7. The molecule has 1 N–H and O–H groups in total. The maximum atomic E-state index is 13.4. The molecule has 5 nitrogen and oxygen atoms in total. The van der Waals surface area contributed by atoms with Gasteiger partial charge in [0.25, 0.3) is 0 Å². The average molecular weight is 369 g/mol. The molecule has 0 amide bonds. The van der Waals surface area contributed by atoms with E-state index in [2.05, 4.69) is 26.6 Å². The van der Waals surface area contributed by atoms with Gasteiger partial charge in [0.05, 0.1) is 17.6 Å². The maximum Gasteiger partial charge on any atom is 0.207 e. The van der Waals surface area contributed by atoms with Crippen LogP contribution in [-0.2, 0) is 18.7 Å². The van der Waals surface area contributed by atoms with Crippen LogP contribution >= 0.6 is 0 Å². The Morgan fingerprint density at radius 1 is 1.28 bits per heavy atom. The molecule has 5 aliphatic rings. The normalized spacial score (nSPS) is 57.2. The van der Waals surface area contributed by atoms with Gasteiger partial charge in [-0.25, -0.2) is 0 Å². The molecule has 4 aliphatic carbocycles. The van der Waals surface area contributed by atoms with E-state index in [1.165, 1.54) is 0 Å². The molecule has 4 bridgehead atoms. The minimum absolute atomic E-state index is 0.156. The highest BCUT2D eigenvalue weighted by molar-refractivity contribution is 6.69. The zero-order valence-electron chi connectivity index (χ0n) is 16.6. The second kappa shape index (κ2) is 4.58. The van der Waals surface area contributed by atoms with E-state index < -0.39 is 42.1 Å². The molecule has 7 atom stereocenters. The van der Waals surface area contributed by atoms with Gasteiger partial charge in [-0.15, -0.1) is 0 Å². The van der Waals surface area contributed by atoms with Crippen LogP contribution in [0.25, 0.3) is 0 Å². The van der Waals surface area contributed by atoms with Crippen molar-refractivity contribution in [2.75, 3.05) is 13.7 Å². The zero-order valence-corrected chi connectivity index (χ0v) is 17.6. The summed E-state index contributed by atoms with van der Waals surface area (Å²) >= 11 is 0. The molecule has 1 aliphatic heterocycles. The molecule has 0 aromatic carbocycles. The molecule has 1 saturated heterocycles. The molecule has 0 aromatic heterocycles. The fourth-order valence-electron chi connectivity index (χ4n) is 6.99. The summed E-state index contributed by atoms with van der Waals surface area (Å²) in [7, 11) is -0.348. The second-order valence-electron chi connectivity index (χ2n) is 10.2. The van der Waals surface area contributed by atoms with Crippen molar-refractivity contribution in [1.29, 1.82) is 0 Å². The van der Waals surface area contributed by atoms with Crippen molar-refractivity contribution in [2.45, 2.75) is 77.2 Å². The number of fused-ring (bicyclic) bond motifs is 1. The Labute approximate surface area is 151 Å².